The minimum absolute atomic E-state index is 0.0487. The maximum Gasteiger partial charge on any atom is 0.411 e. The Bertz CT molecular complexity index is 1360. The molecule has 0 unspecified atom stereocenters. The fourth-order valence-electron chi connectivity index (χ4n) is 4.37. The van der Waals surface area contributed by atoms with E-state index in [2.05, 4.69) is 10.3 Å². The average molecular weight is 454 g/mol. The number of nitrogens with one attached hydrogen (secondary N) is 1. The van der Waals surface area contributed by atoms with Crippen molar-refractivity contribution in [2.75, 3.05) is 11.9 Å². The van der Waals surface area contributed by atoms with Crippen LogP contribution in [-0.4, -0.2) is 28.8 Å². The highest BCUT2D eigenvalue weighted by molar-refractivity contribution is 6.00. The van der Waals surface area contributed by atoms with Gasteiger partial charge in [-0.1, -0.05) is 54.6 Å². The van der Waals surface area contributed by atoms with Gasteiger partial charge in [-0.3, -0.25) is 10.3 Å². The lowest BCUT2D eigenvalue weighted by Crippen LogP contribution is -2.20. The number of aromatic nitrogens is 1. The van der Waals surface area contributed by atoms with Gasteiger partial charge in [0.15, 0.2) is 0 Å². The van der Waals surface area contributed by atoms with Crippen molar-refractivity contribution in [3.63, 3.8) is 0 Å². The molecule has 0 bridgehead atoms. The topological polar surface area (TPSA) is 88.5 Å². The molecule has 2 N–H and O–H groups in total. The molecule has 1 aliphatic carbocycles. The summed E-state index contributed by atoms with van der Waals surface area (Å²) in [7, 11) is 0. The summed E-state index contributed by atoms with van der Waals surface area (Å²) in [5.41, 5.74) is 4.40. The molecular weight excluding hydrogens is 435 g/mol. The number of benzene rings is 3. The van der Waals surface area contributed by atoms with Gasteiger partial charge in [-0.05, 0) is 46.0 Å². The fourth-order valence-corrected chi connectivity index (χ4v) is 4.37. The lowest BCUT2D eigenvalue weighted by atomic mass is 9.98. The highest BCUT2D eigenvalue weighted by Crippen LogP contribution is 2.44. The van der Waals surface area contributed by atoms with E-state index in [1.165, 1.54) is 12.3 Å². The Morgan fingerprint density at radius 2 is 1.62 bits per heavy atom. The summed E-state index contributed by atoms with van der Waals surface area (Å²) < 4.78 is 20.2. The molecule has 4 aromatic rings. The summed E-state index contributed by atoms with van der Waals surface area (Å²) in [6, 6.07) is 21.7. The second-order valence-corrected chi connectivity index (χ2v) is 7.88. The van der Waals surface area contributed by atoms with Crippen LogP contribution in [0.15, 0.2) is 85.2 Å². The van der Waals surface area contributed by atoms with E-state index < -0.39 is 23.4 Å². The molecule has 0 saturated carbocycles. The van der Waals surface area contributed by atoms with Crippen molar-refractivity contribution in [1.29, 1.82) is 0 Å². The zero-order valence-electron chi connectivity index (χ0n) is 17.9. The van der Waals surface area contributed by atoms with Crippen molar-refractivity contribution < 1.29 is 23.8 Å². The molecule has 1 heterocycles. The minimum Gasteiger partial charge on any atom is -0.478 e. The zero-order valence-corrected chi connectivity index (χ0v) is 17.9. The van der Waals surface area contributed by atoms with Gasteiger partial charge in [-0.15, -0.1) is 0 Å². The second kappa shape index (κ2) is 8.78. The number of amides is 1. The normalized spacial score (nSPS) is 12.0. The number of hydrogen-bond donors (Lipinski definition) is 2. The van der Waals surface area contributed by atoms with E-state index >= 15 is 0 Å². The van der Waals surface area contributed by atoms with Crippen LogP contribution in [0.5, 0.6) is 0 Å². The summed E-state index contributed by atoms with van der Waals surface area (Å²) in [6.07, 6.45) is 2.22. The first-order valence-corrected chi connectivity index (χ1v) is 10.6. The molecule has 1 aliphatic rings. The van der Waals surface area contributed by atoms with E-state index in [1.54, 1.807) is 18.3 Å². The molecule has 6 nitrogen and oxygen atoms in total. The third-order valence-corrected chi connectivity index (χ3v) is 5.88. The number of carboxylic acid groups (broad SMARTS) is 1. The highest BCUT2D eigenvalue weighted by atomic mass is 19.1. The Morgan fingerprint density at radius 1 is 0.941 bits per heavy atom. The first-order valence-electron chi connectivity index (χ1n) is 10.6. The number of fused-ring (bicyclic) bond motifs is 3. The SMILES string of the molecule is O=C(Nc1cc(-c2cccnc2)cc(F)c1C(=O)O)OCC1c2ccccc2-c2ccccc21. The van der Waals surface area contributed by atoms with E-state index in [9.17, 15) is 19.1 Å². The predicted molar refractivity (Wildman–Crippen MR) is 125 cm³/mol. The van der Waals surface area contributed by atoms with Gasteiger partial charge in [0.25, 0.3) is 0 Å². The number of anilines is 1. The van der Waals surface area contributed by atoms with Crippen LogP contribution in [-0.2, 0) is 4.74 Å². The van der Waals surface area contributed by atoms with Gasteiger partial charge in [0.05, 0.1) is 5.69 Å². The molecule has 5 rings (SSSR count). The van der Waals surface area contributed by atoms with Crippen LogP contribution in [0.25, 0.3) is 22.3 Å². The predicted octanol–water partition coefficient (Wildman–Crippen LogP) is 5.95. The van der Waals surface area contributed by atoms with Crippen LogP contribution in [0.2, 0.25) is 0 Å². The van der Waals surface area contributed by atoms with Gasteiger partial charge in [0.1, 0.15) is 18.0 Å². The van der Waals surface area contributed by atoms with E-state index in [0.717, 1.165) is 28.3 Å². The van der Waals surface area contributed by atoms with Crippen LogP contribution < -0.4 is 5.32 Å². The lowest BCUT2D eigenvalue weighted by Gasteiger charge is -2.16. The number of hydrogen-bond acceptors (Lipinski definition) is 4. The largest absolute Gasteiger partial charge is 0.478 e. The van der Waals surface area contributed by atoms with Gasteiger partial charge >= 0.3 is 12.1 Å². The lowest BCUT2D eigenvalue weighted by molar-refractivity contribution is 0.0693. The van der Waals surface area contributed by atoms with Crippen LogP contribution in [0.4, 0.5) is 14.9 Å². The first kappa shape index (κ1) is 21.3. The number of carbonyl (C=O) groups excluding carboxylic acids is 1. The Kier molecular flexibility index (Phi) is 5.51. The summed E-state index contributed by atoms with van der Waals surface area (Å²) in [4.78, 5) is 28.3. The number of rotatable bonds is 5. The van der Waals surface area contributed by atoms with Gasteiger partial charge in [-0.2, -0.15) is 0 Å². The molecule has 0 atom stereocenters. The first-order chi connectivity index (χ1) is 16.5. The molecule has 1 amide bonds. The summed E-state index contributed by atoms with van der Waals surface area (Å²) in [5.74, 6) is -2.62. The number of pyridine rings is 1. The smallest absolute Gasteiger partial charge is 0.411 e. The molecule has 0 radical (unpaired) electrons. The highest BCUT2D eigenvalue weighted by Gasteiger charge is 2.29. The van der Waals surface area contributed by atoms with Gasteiger partial charge in [-0.25, -0.2) is 14.0 Å². The number of carboxylic acids is 1. The van der Waals surface area contributed by atoms with E-state index in [1.807, 2.05) is 48.5 Å². The van der Waals surface area contributed by atoms with Crippen LogP contribution in [0, 0.1) is 5.82 Å². The van der Waals surface area contributed by atoms with Gasteiger partial charge in [0, 0.05) is 23.9 Å². The average Bonchev–Trinajstić information content (AvgIpc) is 3.16. The monoisotopic (exact) mass is 454 g/mol. The van der Waals surface area contributed by atoms with Crippen molar-refractivity contribution in [3.05, 3.63) is 108 Å². The van der Waals surface area contributed by atoms with Gasteiger partial charge < -0.3 is 9.84 Å². The van der Waals surface area contributed by atoms with Crippen LogP contribution in [0.3, 0.4) is 0 Å². The summed E-state index contributed by atoms with van der Waals surface area (Å²) >= 11 is 0. The molecule has 0 saturated heterocycles. The standard InChI is InChI=1S/C27H19FN2O4/c28-23-12-17(16-6-5-11-29-14-16)13-24(25(23)26(31)32)30-27(33)34-15-22-20-9-3-1-7-18(20)19-8-2-4-10-21(19)22/h1-14,22H,15H2,(H,30,33)(H,31,32). The number of halogens is 1. The molecule has 34 heavy (non-hydrogen) atoms. The maximum absolute atomic E-state index is 14.7. The van der Waals surface area contributed by atoms with E-state index in [-0.39, 0.29) is 18.2 Å². The van der Waals surface area contributed by atoms with Crippen LogP contribution in [0.1, 0.15) is 27.4 Å². The molecule has 0 aliphatic heterocycles. The zero-order chi connectivity index (χ0) is 23.7. The van der Waals surface area contributed by atoms with Crippen molar-refractivity contribution in [1.82, 2.24) is 4.98 Å². The molecular formula is C27H19FN2O4. The Morgan fingerprint density at radius 3 is 2.24 bits per heavy atom. The van der Waals surface area contributed by atoms with E-state index in [0.29, 0.717) is 11.1 Å². The Hall–Kier alpha value is -4.52. The molecule has 1 aromatic heterocycles. The van der Waals surface area contributed by atoms with E-state index in [4.69, 9.17) is 4.74 Å². The second-order valence-electron chi connectivity index (χ2n) is 7.88. The maximum atomic E-state index is 14.7. The van der Waals surface area contributed by atoms with Gasteiger partial charge in [0.2, 0.25) is 0 Å². The Balaban J connectivity index is 1.39. The van der Waals surface area contributed by atoms with Crippen molar-refractivity contribution >= 4 is 17.7 Å². The third kappa shape index (κ3) is 3.88. The van der Waals surface area contributed by atoms with Crippen molar-refractivity contribution in [3.8, 4) is 22.3 Å². The van der Waals surface area contributed by atoms with Crippen molar-refractivity contribution in [2.24, 2.45) is 0 Å². The third-order valence-electron chi connectivity index (χ3n) is 5.88. The quantitative estimate of drug-likeness (QED) is 0.389. The number of nitrogens with zero attached hydrogens (tertiary/aromatic N) is 1. The molecule has 3 aromatic carbocycles. The number of aromatic carboxylic acids is 1. The fraction of sp³-hybridized carbons (Fsp3) is 0.0741. The Labute approximate surface area is 194 Å². The molecule has 7 heteroatoms. The van der Waals surface area contributed by atoms with Crippen LogP contribution >= 0.6 is 0 Å². The number of ether oxygens (including phenoxy) is 1. The van der Waals surface area contributed by atoms with Crippen molar-refractivity contribution in [2.45, 2.75) is 5.92 Å². The summed E-state index contributed by atoms with van der Waals surface area (Å²) in [6.45, 7) is 0.0487. The summed E-state index contributed by atoms with van der Waals surface area (Å²) in [5, 5.41) is 11.9. The number of carbonyl (C=O) groups is 2. The molecule has 0 fully saturated rings. The minimum atomic E-state index is -1.50. The molecule has 0 spiro atoms. The molecule has 168 valence electrons.